The van der Waals surface area contributed by atoms with Crippen molar-refractivity contribution in [2.45, 2.75) is 44.9 Å². The third-order valence-electron chi connectivity index (χ3n) is 5.27. The first-order valence-electron chi connectivity index (χ1n) is 9.57. The molecule has 4 rings (SSSR count). The van der Waals surface area contributed by atoms with Crippen LogP contribution >= 0.6 is 0 Å². The number of rotatable bonds is 4. The van der Waals surface area contributed by atoms with E-state index in [-0.39, 0.29) is 12.6 Å². The number of benzene rings is 1. The summed E-state index contributed by atoms with van der Waals surface area (Å²) < 4.78 is 18.5. The van der Waals surface area contributed by atoms with Crippen LogP contribution in [-0.2, 0) is 19.1 Å². The number of nitrogens with one attached hydrogen (secondary N) is 1. The molecule has 1 N–H and O–H groups in total. The molecule has 3 heterocycles. The van der Waals surface area contributed by atoms with E-state index in [4.69, 9.17) is 19.0 Å². The summed E-state index contributed by atoms with van der Waals surface area (Å²) in [6.45, 7) is 3.19. The summed E-state index contributed by atoms with van der Waals surface area (Å²) in [4.78, 5) is 43.5. The molecule has 30 heavy (non-hydrogen) atoms. The number of carbonyl (C=O) groups excluding carboxylic acids is 1. The fourth-order valence-electron chi connectivity index (χ4n) is 3.81. The van der Waals surface area contributed by atoms with Gasteiger partial charge in [0.25, 0.3) is 5.56 Å². The molecule has 0 aliphatic carbocycles. The molecule has 160 valence electrons. The smallest absolute Gasteiger partial charge is 0.330 e. The Kier molecular flexibility index (Phi) is 5.46. The highest BCUT2D eigenvalue weighted by Gasteiger charge is 2.48. The minimum absolute atomic E-state index is 0.257. The van der Waals surface area contributed by atoms with Gasteiger partial charge < -0.3 is 19.0 Å². The van der Waals surface area contributed by atoms with Gasteiger partial charge in [-0.2, -0.15) is 0 Å². The second-order valence-electron chi connectivity index (χ2n) is 7.31. The van der Waals surface area contributed by atoms with Crippen LogP contribution in [0.2, 0.25) is 0 Å². The molecule has 10 nitrogen and oxygen atoms in total. The number of hydroxylamine groups is 2. The first-order chi connectivity index (χ1) is 14.4. The van der Waals surface area contributed by atoms with Crippen molar-refractivity contribution in [1.29, 1.82) is 0 Å². The molecule has 2 aromatic rings. The number of H-pyrrole nitrogens is 1. The zero-order valence-corrected chi connectivity index (χ0v) is 16.9. The Labute approximate surface area is 171 Å². The predicted molar refractivity (Wildman–Crippen MR) is 104 cm³/mol. The second-order valence-corrected chi connectivity index (χ2v) is 7.31. The van der Waals surface area contributed by atoms with Crippen molar-refractivity contribution >= 4 is 5.97 Å². The van der Waals surface area contributed by atoms with Gasteiger partial charge in [-0.25, -0.2) is 4.79 Å². The molecule has 0 radical (unpaired) electrons. The minimum atomic E-state index is -0.627. The van der Waals surface area contributed by atoms with E-state index in [1.807, 2.05) is 12.1 Å². The Balaban J connectivity index is 1.63. The van der Waals surface area contributed by atoms with Crippen molar-refractivity contribution in [3.8, 4) is 5.75 Å². The molecule has 2 saturated heterocycles. The van der Waals surface area contributed by atoms with Crippen LogP contribution in [0.25, 0.3) is 0 Å². The van der Waals surface area contributed by atoms with Gasteiger partial charge in [-0.05, 0) is 24.6 Å². The zero-order valence-electron chi connectivity index (χ0n) is 16.9. The minimum Gasteiger partial charge on any atom is -0.497 e. The second kappa shape index (κ2) is 8.05. The molecule has 10 heteroatoms. The largest absolute Gasteiger partial charge is 0.497 e. The van der Waals surface area contributed by atoms with Gasteiger partial charge in [0.1, 0.15) is 18.1 Å². The van der Waals surface area contributed by atoms with Crippen LogP contribution in [0.5, 0.6) is 5.75 Å². The number of hydrogen-bond acceptors (Lipinski definition) is 8. The highest BCUT2D eigenvalue weighted by atomic mass is 16.7. The quantitative estimate of drug-likeness (QED) is 0.785. The van der Waals surface area contributed by atoms with Crippen LogP contribution < -0.4 is 16.0 Å². The van der Waals surface area contributed by atoms with E-state index in [0.717, 1.165) is 5.56 Å². The number of hydrogen-bond donors (Lipinski definition) is 1. The summed E-state index contributed by atoms with van der Waals surface area (Å²) in [6.07, 6.45) is 0.181. The van der Waals surface area contributed by atoms with Crippen molar-refractivity contribution in [1.82, 2.24) is 14.6 Å². The molecule has 1 aromatic heterocycles. The van der Waals surface area contributed by atoms with E-state index in [0.29, 0.717) is 17.7 Å². The fourth-order valence-corrected chi connectivity index (χ4v) is 3.81. The summed E-state index contributed by atoms with van der Waals surface area (Å²) in [5.74, 6) is 0.210. The number of fused-ring (bicyclic) bond motifs is 1. The first kappa shape index (κ1) is 20.3. The van der Waals surface area contributed by atoms with Crippen LogP contribution in [0.15, 0.2) is 40.1 Å². The lowest BCUT2D eigenvalue weighted by Gasteiger charge is -2.40. The van der Waals surface area contributed by atoms with Crippen LogP contribution in [-0.4, -0.2) is 46.4 Å². The highest BCUT2D eigenvalue weighted by molar-refractivity contribution is 5.65. The van der Waals surface area contributed by atoms with Crippen LogP contribution in [0.4, 0.5) is 0 Å². The molecule has 0 amide bonds. The third-order valence-corrected chi connectivity index (χ3v) is 5.27. The Bertz CT molecular complexity index is 1050. The molecule has 3 unspecified atom stereocenters. The normalized spacial score (nSPS) is 26.2. The number of nitrogens with zero attached hydrogens (tertiary/aromatic N) is 2. The maximum Gasteiger partial charge on any atom is 0.330 e. The van der Waals surface area contributed by atoms with E-state index in [2.05, 4.69) is 4.98 Å². The molecule has 4 atom stereocenters. The van der Waals surface area contributed by atoms with E-state index >= 15 is 0 Å². The summed E-state index contributed by atoms with van der Waals surface area (Å²) >= 11 is 0. The Morgan fingerprint density at radius 2 is 1.97 bits per heavy atom. The van der Waals surface area contributed by atoms with Crippen LogP contribution in [0.3, 0.4) is 0 Å². The van der Waals surface area contributed by atoms with Gasteiger partial charge in [-0.1, -0.05) is 12.1 Å². The number of carbonyl (C=O) groups is 1. The van der Waals surface area contributed by atoms with Gasteiger partial charge in [-0.3, -0.25) is 19.1 Å². The van der Waals surface area contributed by atoms with Crippen LogP contribution in [0, 0.1) is 6.92 Å². The van der Waals surface area contributed by atoms with Gasteiger partial charge in [0.15, 0.2) is 6.23 Å². The third kappa shape index (κ3) is 3.76. The predicted octanol–water partition coefficient (Wildman–Crippen LogP) is 1.02. The molecule has 2 fully saturated rings. The molecule has 1 aromatic carbocycles. The summed E-state index contributed by atoms with van der Waals surface area (Å²) in [7, 11) is 1.58. The lowest BCUT2D eigenvalue weighted by Crippen LogP contribution is -2.51. The van der Waals surface area contributed by atoms with Crippen molar-refractivity contribution in [3.63, 3.8) is 0 Å². The maximum absolute atomic E-state index is 12.3. The number of aromatic amines is 1. The van der Waals surface area contributed by atoms with Gasteiger partial charge in [0, 0.05) is 25.1 Å². The Morgan fingerprint density at radius 3 is 2.63 bits per heavy atom. The summed E-state index contributed by atoms with van der Waals surface area (Å²) in [5.41, 5.74) is 0.199. The first-order valence-corrected chi connectivity index (χ1v) is 9.57. The van der Waals surface area contributed by atoms with Crippen LogP contribution in [0.1, 0.15) is 36.9 Å². The maximum atomic E-state index is 12.3. The summed E-state index contributed by atoms with van der Waals surface area (Å²) in [5, 5.41) is 1.49. The van der Waals surface area contributed by atoms with E-state index in [1.54, 1.807) is 26.2 Å². The number of aryl methyl sites for hydroxylation is 1. The standard InChI is InChI=1S/C20H23N3O7/c1-11-9-22(20(26)21-18(11)25)17-8-15-16(29-17)10-28-19(23(15)30-12(2)24)13-4-6-14(27-3)7-5-13/h4-7,9,15-17,19H,8,10H2,1-3H3,(H,21,25,26)/t15-,16?,17?,19?/m1/s1. The topological polar surface area (TPSA) is 112 Å². The average molecular weight is 417 g/mol. The van der Waals surface area contributed by atoms with Gasteiger partial charge in [0.2, 0.25) is 0 Å². The van der Waals surface area contributed by atoms with Crippen molar-refractivity contribution < 1.29 is 23.8 Å². The molecule has 0 bridgehead atoms. The van der Waals surface area contributed by atoms with Crippen molar-refractivity contribution in [3.05, 3.63) is 62.4 Å². The van der Waals surface area contributed by atoms with E-state index < -0.39 is 35.8 Å². The Hall–Kier alpha value is -2.95. The molecule has 2 aliphatic heterocycles. The SMILES string of the molecule is COc1ccc(C2OCC3OC(n4cc(C)c(=O)[nH]c4=O)C[C@H]3N2OC(C)=O)cc1. The monoisotopic (exact) mass is 417 g/mol. The molecular formula is C20H23N3O7. The fraction of sp³-hybridized carbons (Fsp3) is 0.450. The zero-order chi connectivity index (χ0) is 21.4. The molecule has 2 aliphatic rings. The van der Waals surface area contributed by atoms with Crippen molar-refractivity contribution in [2.24, 2.45) is 0 Å². The van der Waals surface area contributed by atoms with Crippen molar-refractivity contribution in [2.75, 3.05) is 13.7 Å². The Morgan fingerprint density at radius 1 is 1.23 bits per heavy atom. The lowest BCUT2D eigenvalue weighted by atomic mass is 10.1. The molecule has 0 spiro atoms. The molecular weight excluding hydrogens is 394 g/mol. The summed E-state index contributed by atoms with van der Waals surface area (Å²) in [6, 6.07) is 6.94. The van der Waals surface area contributed by atoms with Gasteiger partial charge in [0.05, 0.1) is 19.8 Å². The average Bonchev–Trinajstić information content (AvgIpc) is 3.15. The van der Waals surface area contributed by atoms with E-state index in [1.165, 1.54) is 22.8 Å². The van der Waals surface area contributed by atoms with Gasteiger partial charge >= 0.3 is 11.7 Å². The lowest BCUT2D eigenvalue weighted by molar-refractivity contribution is -0.298. The number of ether oxygens (including phenoxy) is 3. The number of aromatic nitrogens is 2. The number of methoxy groups -OCH3 is 1. The van der Waals surface area contributed by atoms with E-state index in [9.17, 15) is 14.4 Å². The molecule has 0 saturated carbocycles. The van der Waals surface area contributed by atoms with Gasteiger partial charge in [-0.15, -0.1) is 5.06 Å². The highest BCUT2D eigenvalue weighted by Crippen LogP contribution is 2.40.